The van der Waals surface area contributed by atoms with Crippen molar-refractivity contribution in [2.24, 2.45) is 5.41 Å². The Morgan fingerprint density at radius 3 is 2.40 bits per heavy atom. The summed E-state index contributed by atoms with van der Waals surface area (Å²) in [5.74, 6) is 0. The third-order valence-corrected chi connectivity index (χ3v) is 5.95. The molecule has 20 heavy (non-hydrogen) atoms. The zero-order valence-electron chi connectivity index (χ0n) is 12.3. The molecule has 2 rings (SSSR count). The minimum absolute atomic E-state index is 0.203. The molecule has 0 spiro atoms. The maximum atomic E-state index is 9.65. The van der Waals surface area contributed by atoms with E-state index in [0.29, 0.717) is 5.41 Å². The van der Waals surface area contributed by atoms with Gasteiger partial charge in [-0.2, -0.15) is 5.26 Å². The lowest BCUT2D eigenvalue weighted by molar-refractivity contribution is 0.0831. The zero-order valence-corrected chi connectivity index (χ0v) is 14.7. The summed E-state index contributed by atoms with van der Waals surface area (Å²) < 4.78 is 0.883. The number of benzene rings is 1. The first-order chi connectivity index (χ1) is 9.57. The molecule has 1 aliphatic rings. The molecule has 1 fully saturated rings. The predicted molar refractivity (Wildman–Crippen MR) is 89.8 cm³/mol. The van der Waals surface area contributed by atoms with Crippen molar-refractivity contribution in [2.75, 3.05) is 0 Å². The fourth-order valence-electron chi connectivity index (χ4n) is 3.63. The highest BCUT2D eigenvalue weighted by molar-refractivity contribution is 9.10. The van der Waals surface area contributed by atoms with E-state index in [1.165, 1.54) is 30.6 Å². The van der Waals surface area contributed by atoms with Crippen LogP contribution in [0.2, 0.25) is 0 Å². The molecule has 0 aliphatic heterocycles. The molecule has 0 N–H and O–H groups in total. The summed E-state index contributed by atoms with van der Waals surface area (Å²) in [5, 5.41) is 9.65. The van der Waals surface area contributed by atoms with E-state index >= 15 is 0 Å². The van der Waals surface area contributed by atoms with Crippen LogP contribution in [0.25, 0.3) is 0 Å². The van der Waals surface area contributed by atoms with Crippen LogP contribution in [-0.2, 0) is 0 Å². The van der Waals surface area contributed by atoms with Crippen molar-refractivity contribution >= 4 is 27.7 Å². The van der Waals surface area contributed by atoms with Gasteiger partial charge in [-0.15, -0.1) is 11.8 Å². The summed E-state index contributed by atoms with van der Waals surface area (Å²) in [6.45, 7) is 4.51. The third kappa shape index (κ3) is 3.40. The van der Waals surface area contributed by atoms with Gasteiger partial charge in [-0.1, -0.05) is 48.7 Å². The van der Waals surface area contributed by atoms with Gasteiger partial charge in [0.25, 0.3) is 0 Å². The molecule has 0 amide bonds. The minimum Gasteiger partial charge on any atom is -0.197 e. The van der Waals surface area contributed by atoms with E-state index in [9.17, 15) is 5.26 Å². The molecule has 0 heterocycles. The van der Waals surface area contributed by atoms with Gasteiger partial charge in [-0.3, -0.25) is 0 Å². The zero-order chi connectivity index (χ0) is 14.6. The summed E-state index contributed by atoms with van der Waals surface area (Å²) in [4.78, 5) is 1.20. The molecule has 108 valence electrons. The van der Waals surface area contributed by atoms with Crippen LogP contribution in [0, 0.1) is 16.7 Å². The number of halogens is 1. The molecule has 1 nitrogen and oxygen atoms in total. The number of nitriles is 1. The normalized spacial score (nSPS) is 19.1. The molecule has 1 aliphatic carbocycles. The highest BCUT2D eigenvalue weighted by atomic mass is 79.9. The summed E-state index contributed by atoms with van der Waals surface area (Å²) in [7, 11) is 0. The van der Waals surface area contributed by atoms with Gasteiger partial charge in [0.2, 0.25) is 0 Å². The monoisotopic (exact) mass is 351 g/mol. The van der Waals surface area contributed by atoms with Crippen LogP contribution in [0.1, 0.15) is 52.4 Å². The molecule has 0 aromatic heterocycles. The summed E-state index contributed by atoms with van der Waals surface area (Å²) in [6.07, 6.45) is 7.09. The lowest BCUT2D eigenvalue weighted by Crippen LogP contribution is -2.48. The topological polar surface area (TPSA) is 23.8 Å². The highest BCUT2D eigenvalue weighted by Crippen LogP contribution is 2.61. The molecular weight excluding hydrogens is 330 g/mol. The molecule has 3 heteroatoms. The largest absolute Gasteiger partial charge is 0.197 e. The Labute approximate surface area is 135 Å². The Morgan fingerprint density at radius 1 is 1.25 bits per heavy atom. The van der Waals surface area contributed by atoms with Gasteiger partial charge in [0.1, 0.15) is 4.75 Å². The molecule has 1 aromatic rings. The SMILES string of the molecule is CCCC1(CCC)CC(C#N)(Sc2cccc(Br)c2)C1. The summed E-state index contributed by atoms with van der Waals surface area (Å²) >= 11 is 5.26. The Kier molecular flexibility index (Phi) is 5.20. The fourth-order valence-corrected chi connectivity index (χ4v) is 5.77. The van der Waals surface area contributed by atoms with Gasteiger partial charge in [0.15, 0.2) is 0 Å². The van der Waals surface area contributed by atoms with E-state index in [2.05, 4.69) is 48.0 Å². The van der Waals surface area contributed by atoms with E-state index in [-0.39, 0.29) is 4.75 Å². The van der Waals surface area contributed by atoms with Crippen LogP contribution in [0.4, 0.5) is 0 Å². The number of hydrogen-bond acceptors (Lipinski definition) is 2. The quantitative estimate of drug-likeness (QED) is 0.610. The van der Waals surface area contributed by atoms with Crippen molar-refractivity contribution in [1.29, 1.82) is 5.26 Å². The van der Waals surface area contributed by atoms with E-state index in [0.717, 1.165) is 17.3 Å². The molecule has 0 bridgehead atoms. The average molecular weight is 352 g/mol. The first-order valence-electron chi connectivity index (χ1n) is 7.43. The smallest absolute Gasteiger partial charge is 0.108 e. The van der Waals surface area contributed by atoms with Gasteiger partial charge < -0.3 is 0 Å². The average Bonchev–Trinajstić information content (AvgIpc) is 2.37. The third-order valence-electron chi connectivity index (χ3n) is 4.19. The molecule has 1 saturated carbocycles. The fraction of sp³-hybridized carbons (Fsp3) is 0.588. The van der Waals surface area contributed by atoms with Crippen LogP contribution >= 0.6 is 27.7 Å². The first-order valence-corrected chi connectivity index (χ1v) is 9.04. The molecule has 1 aromatic carbocycles. The molecule has 0 radical (unpaired) electrons. The highest BCUT2D eigenvalue weighted by Gasteiger charge is 2.54. The van der Waals surface area contributed by atoms with E-state index in [1.807, 2.05) is 12.1 Å². The lowest BCUT2D eigenvalue weighted by atomic mass is 9.58. The van der Waals surface area contributed by atoms with Crippen molar-refractivity contribution in [1.82, 2.24) is 0 Å². The van der Waals surface area contributed by atoms with Crippen LogP contribution in [-0.4, -0.2) is 4.75 Å². The van der Waals surface area contributed by atoms with Crippen molar-refractivity contribution in [3.05, 3.63) is 28.7 Å². The van der Waals surface area contributed by atoms with Crippen LogP contribution in [0.5, 0.6) is 0 Å². The van der Waals surface area contributed by atoms with Gasteiger partial charge in [0, 0.05) is 9.37 Å². The predicted octanol–water partition coefficient (Wildman–Crippen LogP) is 6.18. The van der Waals surface area contributed by atoms with Crippen molar-refractivity contribution in [3.8, 4) is 6.07 Å². The number of rotatable bonds is 6. The molecular formula is C17H22BrNS. The summed E-state index contributed by atoms with van der Waals surface area (Å²) in [6, 6.07) is 10.9. The number of thioether (sulfide) groups is 1. The number of hydrogen-bond donors (Lipinski definition) is 0. The molecule has 0 unspecified atom stereocenters. The second-order valence-electron chi connectivity index (χ2n) is 6.02. The van der Waals surface area contributed by atoms with Crippen LogP contribution in [0.15, 0.2) is 33.6 Å². The Hall–Kier alpha value is -0.460. The Bertz CT molecular complexity index is 492. The van der Waals surface area contributed by atoms with Crippen molar-refractivity contribution < 1.29 is 0 Å². The molecule has 0 saturated heterocycles. The second kappa shape index (κ2) is 6.54. The number of nitrogens with zero attached hydrogens (tertiary/aromatic N) is 1. The Balaban J connectivity index is 2.09. The second-order valence-corrected chi connectivity index (χ2v) is 8.39. The van der Waals surface area contributed by atoms with Gasteiger partial charge >= 0.3 is 0 Å². The standard InChI is InChI=1S/C17H22BrNS/c1-3-8-16(9-4-2)11-17(12-16,13-19)20-15-7-5-6-14(18)10-15/h5-7,10H,3-4,8-9,11-12H2,1-2H3. The van der Waals surface area contributed by atoms with Crippen LogP contribution in [0.3, 0.4) is 0 Å². The Morgan fingerprint density at radius 2 is 1.90 bits per heavy atom. The first kappa shape index (κ1) is 15.9. The molecule has 0 atom stereocenters. The maximum absolute atomic E-state index is 9.65. The van der Waals surface area contributed by atoms with Gasteiger partial charge in [-0.25, -0.2) is 0 Å². The van der Waals surface area contributed by atoms with E-state index in [1.54, 1.807) is 11.8 Å². The minimum atomic E-state index is -0.203. The van der Waals surface area contributed by atoms with Crippen molar-refractivity contribution in [3.63, 3.8) is 0 Å². The van der Waals surface area contributed by atoms with Crippen LogP contribution < -0.4 is 0 Å². The van der Waals surface area contributed by atoms with Gasteiger partial charge in [0.05, 0.1) is 6.07 Å². The lowest BCUT2D eigenvalue weighted by Gasteiger charge is -2.53. The van der Waals surface area contributed by atoms with Gasteiger partial charge in [-0.05, 0) is 49.3 Å². The summed E-state index contributed by atoms with van der Waals surface area (Å²) in [5.41, 5.74) is 0.429. The van der Waals surface area contributed by atoms with E-state index < -0.39 is 0 Å². The maximum Gasteiger partial charge on any atom is 0.108 e. The van der Waals surface area contributed by atoms with Crippen molar-refractivity contribution in [2.45, 2.75) is 62.0 Å². The van der Waals surface area contributed by atoms with E-state index in [4.69, 9.17) is 0 Å².